The summed E-state index contributed by atoms with van der Waals surface area (Å²) in [6.45, 7) is 1.74. The molecule has 0 radical (unpaired) electrons. The molecule has 2 nitrogen and oxygen atoms in total. The third-order valence-electron chi connectivity index (χ3n) is 3.24. The summed E-state index contributed by atoms with van der Waals surface area (Å²) in [6, 6.07) is 10.9. The van der Waals surface area contributed by atoms with Gasteiger partial charge < -0.3 is 5.32 Å². The second-order valence-corrected chi connectivity index (χ2v) is 4.56. The van der Waals surface area contributed by atoms with Crippen molar-refractivity contribution < 1.29 is 9.18 Å². The molecular weight excluding hydrogens is 229 g/mol. The predicted molar refractivity (Wildman–Crippen MR) is 68.9 cm³/mol. The summed E-state index contributed by atoms with van der Waals surface area (Å²) < 4.78 is 13.5. The average Bonchev–Trinajstić information content (AvgIpc) is 2.71. The van der Waals surface area contributed by atoms with Crippen LogP contribution in [0.15, 0.2) is 36.4 Å². The number of benzene rings is 2. The number of carbonyl (C=O) groups excluding carboxylic acids is 1. The van der Waals surface area contributed by atoms with Crippen molar-refractivity contribution in [1.82, 2.24) is 0 Å². The Hall–Kier alpha value is -2.16. The van der Waals surface area contributed by atoms with E-state index in [1.54, 1.807) is 13.0 Å². The summed E-state index contributed by atoms with van der Waals surface area (Å²) in [5.41, 5.74) is 4.19. The van der Waals surface area contributed by atoms with Gasteiger partial charge in [0.2, 0.25) is 5.91 Å². The quantitative estimate of drug-likeness (QED) is 0.815. The van der Waals surface area contributed by atoms with E-state index in [4.69, 9.17) is 0 Å². The highest BCUT2D eigenvalue weighted by Crippen LogP contribution is 2.30. The molecule has 0 saturated carbocycles. The molecule has 1 heterocycles. The van der Waals surface area contributed by atoms with Crippen molar-refractivity contribution >= 4 is 11.6 Å². The first kappa shape index (κ1) is 11.0. The van der Waals surface area contributed by atoms with Crippen molar-refractivity contribution in [3.8, 4) is 11.1 Å². The third-order valence-corrected chi connectivity index (χ3v) is 3.24. The third kappa shape index (κ3) is 1.78. The first-order valence-corrected chi connectivity index (χ1v) is 5.83. The van der Waals surface area contributed by atoms with Gasteiger partial charge in [-0.3, -0.25) is 4.79 Å². The van der Waals surface area contributed by atoms with Gasteiger partial charge in [0.1, 0.15) is 5.82 Å². The predicted octanol–water partition coefficient (Wildman–Crippen LogP) is 3.30. The first-order valence-electron chi connectivity index (χ1n) is 5.83. The number of halogens is 1. The van der Waals surface area contributed by atoms with Gasteiger partial charge in [0, 0.05) is 5.69 Å². The highest BCUT2D eigenvalue weighted by atomic mass is 19.1. The molecule has 0 fully saturated rings. The highest BCUT2D eigenvalue weighted by Gasteiger charge is 2.17. The van der Waals surface area contributed by atoms with Gasteiger partial charge in [-0.25, -0.2) is 4.39 Å². The van der Waals surface area contributed by atoms with E-state index in [0.29, 0.717) is 12.0 Å². The normalized spacial score (nSPS) is 13.3. The van der Waals surface area contributed by atoms with E-state index in [1.807, 2.05) is 24.3 Å². The average molecular weight is 241 g/mol. The van der Waals surface area contributed by atoms with Crippen LogP contribution in [0.4, 0.5) is 10.1 Å². The Kier molecular flexibility index (Phi) is 2.40. The number of hydrogen-bond acceptors (Lipinski definition) is 1. The molecule has 0 bridgehead atoms. The molecular formula is C15H12FNO. The number of carbonyl (C=O) groups is 1. The lowest BCUT2D eigenvalue weighted by Gasteiger charge is -2.06. The van der Waals surface area contributed by atoms with Gasteiger partial charge in [-0.2, -0.15) is 0 Å². The number of rotatable bonds is 1. The van der Waals surface area contributed by atoms with Gasteiger partial charge in [-0.1, -0.05) is 24.3 Å². The van der Waals surface area contributed by atoms with Crippen molar-refractivity contribution in [2.45, 2.75) is 13.3 Å². The zero-order chi connectivity index (χ0) is 12.7. The summed E-state index contributed by atoms with van der Waals surface area (Å²) >= 11 is 0. The van der Waals surface area contributed by atoms with E-state index in [2.05, 4.69) is 5.32 Å². The number of nitrogens with one attached hydrogen (secondary N) is 1. The zero-order valence-corrected chi connectivity index (χ0v) is 9.96. The number of hydrogen-bond donors (Lipinski definition) is 1. The summed E-state index contributed by atoms with van der Waals surface area (Å²) in [5.74, 6) is -0.200. The minimum atomic E-state index is -0.211. The number of aryl methyl sites for hydroxylation is 1. The maximum atomic E-state index is 13.5. The fourth-order valence-corrected chi connectivity index (χ4v) is 2.17. The van der Waals surface area contributed by atoms with Gasteiger partial charge in [0.25, 0.3) is 0 Å². The topological polar surface area (TPSA) is 29.1 Å². The summed E-state index contributed by atoms with van der Waals surface area (Å²) in [5, 5.41) is 2.80. The molecule has 0 aliphatic carbocycles. The zero-order valence-electron chi connectivity index (χ0n) is 9.96. The summed E-state index contributed by atoms with van der Waals surface area (Å²) in [7, 11) is 0. The molecule has 0 aromatic heterocycles. The molecule has 0 saturated heterocycles. The van der Waals surface area contributed by atoms with E-state index in [-0.39, 0.29) is 11.7 Å². The van der Waals surface area contributed by atoms with Gasteiger partial charge in [-0.15, -0.1) is 0 Å². The molecule has 18 heavy (non-hydrogen) atoms. The van der Waals surface area contributed by atoms with Crippen LogP contribution in [0.5, 0.6) is 0 Å². The standard InChI is InChI=1S/C15H12FNO/c1-9-2-3-10(6-13(9)16)11-4-5-12-8-15(18)17-14(12)7-11/h2-7H,8H2,1H3,(H,17,18). The van der Waals surface area contributed by atoms with Crippen LogP contribution in [-0.2, 0) is 11.2 Å². The molecule has 3 heteroatoms. The molecule has 0 spiro atoms. The number of amides is 1. The van der Waals surface area contributed by atoms with Crippen LogP contribution >= 0.6 is 0 Å². The first-order chi connectivity index (χ1) is 8.63. The minimum Gasteiger partial charge on any atom is -0.326 e. The van der Waals surface area contributed by atoms with Gasteiger partial charge in [0.15, 0.2) is 0 Å². The molecule has 2 aromatic carbocycles. The highest BCUT2D eigenvalue weighted by molar-refractivity contribution is 5.99. The van der Waals surface area contributed by atoms with Crippen LogP contribution in [0.1, 0.15) is 11.1 Å². The van der Waals surface area contributed by atoms with Crippen molar-refractivity contribution in [2.24, 2.45) is 0 Å². The monoisotopic (exact) mass is 241 g/mol. The minimum absolute atomic E-state index is 0.0113. The van der Waals surface area contributed by atoms with Crippen LogP contribution in [0.2, 0.25) is 0 Å². The van der Waals surface area contributed by atoms with Crippen molar-refractivity contribution in [3.05, 3.63) is 53.3 Å². The second kappa shape index (κ2) is 3.95. The van der Waals surface area contributed by atoms with Crippen LogP contribution in [0.3, 0.4) is 0 Å². The maximum absolute atomic E-state index is 13.5. The van der Waals surface area contributed by atoms with Crippen LogP contribution in [-0.4, -0.2) is 5.91 Å². The van der Waals surface area contributed by atoms with E-state index < -0.39 is 0 Å². The molecule has 1 amide bonds. The second-order valence-electron chi connectivity index (χ2n) is 4.56. The fourth-order valence-electron chi connectivity index (χ4n) is 2.17. The molecule has 2 aromatic rings. The Morgan fingerprint density at radius 1 is 1.11 bits per heavy atom. The van der Waals surface area contributed by atoms with Gasteiger partial charge in [-0.05, 0) is 41.3 Å². The van der Waals surface area contributed by atoms with Crippen molar-refractivity contribution in [3.63, 3.8) is 0 Å². The molecule has 1 N–H and O–H groups in total. The van der Waals surface area contributed by atoms with Crippen LogP contribution < -0.4 is 5.32 Å². The largest absolute Gasteiger partial charge is 0.326 e. The van der Waals surface area contributed by atoms with Crippen molar-refractivity contribution in [1.29, 1.82) is 0 Å². The molecule has 1 aliphatic rings. The Labute approximate surface area is 104 Å². The van der Waals surface area contributed by atoms with E-state index in [9.17, 15) is 9.18 Å². The number of fused-ring (bicyclic) bond motifs is 1. The lowest BCUT2D eigenvalue weighted by atomic mass is 10.0. The summed E-state index contributed by atoms with van der Waals surface area (Å²) in [6.07, 6.45) is 0.428. The van der Waals surface area contributed by atoms with Crippen LogP contribution in [0.25, 0.3) is 11.1 Å². The fraction of sp³-hybridized carbons (Fsp3) is 0.133. The molecule has 1 aliphatic heterocycles. The maximum Gasteiger partial charge on any atom is 0.228 e. The van der Waals surface area contributed by atoms with E-state index in [1.165, 1.54) is 6.07 Å². The Balaban J connectivity index is 2.05. The number of anilines is 1. The van der Waals surface area contributed by atoms with E-state index >= 15 is 0 Å². The summed E-state index contributed by atoms with van der Waals surface area (Å²) in [4.78, 5) is 11.3. The van der Waals surface area contributed by atoms with Gasteiger partial charge >= 0.3 is 0 Å². The smallest absolute Gasteiger partial charge is 0.228 e. The molecule has 0 atom stereocenters. The SMILES string of the molecule is Cc1ccc(-c2ccc3c(c2)NC(=O)C3)cc1F. The van der Waals surface area contributed by atoms with Crippen LogP contribution in [0, 0.1) is 12.7 Å². The lowest BCUT2D eigenvalue weighted by Crippen LogP contribution is -2.03. The lowest BCUT2D eigenvalue weighted by molar-refractivity contribution is -0.115. The Morgan fingerprint density at radius 2 is 1.83 bits per heavy atom. The molecule has 0 unspecified atom stereocenters. The Bertz CT molecular complexity index is 649. The van der Waals surface area contributed by atoms with E-state index in [0.717, 1.165) is 22.4 Å². The Morgan fingerprint density at radius 3 is 2.61 bits per heavy atom. The molecule has 90 valence electrons. The van der Waals surface area contributed by atoms with Crippen molar-refractivity contribution in [2.75, 3.05) is 5.32 Å². The van der Waals surface area contributed by atoms with Gasteiger partial charge in [0.05, 0.1) is 6.42 Å². The molecule has 3 rings (SSSR count).